The third-order valence-electron chi connectivity index (χ3n) is 2.81. The summed E-state index contributed by atoms with van der Waals surface area (Å²) in [6, 6.07) is 0.390. The standard InChI is InChI=1S/C11H19N5O/c1-4-17-11-14-9(12-3)13-10(15-11)16-6-5-8(2)7-16/h8H,4-7H2,1-3H3,(H,12,13,14,15). The Hall–Kier alpha value is -1.59. The van der Waals surface area contributed by atoms with Gasteiger partial charge in [-0.05, 0) is 19.3 Å². The van der Waals surface area contributed by atoms with Crippen LogP contribution in [0.5, 0.6) is 6.01 Å². The third-order valence-corrected chi connectivity index (χ3v) is 2.81. The van der Waals surface area contributed by atoms with Crippen molar-refractivity contribution < 1.29 is 4.74 Å². The van der Waals surface area contributed by atoms with Crippen LogP contribution in [-0.4, -0.2) is 41.7 Å². The number of nitrogens with zero attached hydrogens (tertiary/aromatic N) is 4. The molecule has 1 saturated heterocycles. The van der Waals surface area contributed by atoms with E-state index in [1.165, 1.54) is 6.42 Å². The molecular formula is C11H19N5O. The van der Waals surface area contributed by atoms with E-state index in [2.05, 4.69) is 32.1 Å². The second-order valence-electron chi connectivity index (χ2n) is 4.26. The van der Waals surface area contributed by atoms with Gasteiger partial charge in [0.25, 0.3) is 0 Å². The molecule has 1 N–H and O–H groups in total. The van der Waals surface area contributed by atoms with E-state index in [0.717, 1.165) is 13.1 Å². The van der Waals surface area contributed by atoms with Gasteiger partial charge in [0.05, 0.1) is 6.61 Å². The zero-order chi connectivity index (χ0) is 12.3. The monoisotopic (exact) mass is 237 g/mol. The molecule has 1 atom stereocenters. The summed E-state index contributed by atoms with van der Waals surface area (Å²) in [6.45, 7) is 6.71. The number of hydrogen-bond acceptors (Lipinski definition) is 6. The summed E-state index contributed by atoms with van der Waals surface area (Å²) in [5, 5.41) is 2.93. The highest BCUT2D eigenvalue weighted by atomic mass is 16.5. The van der Waals surface area contributed by atoms with Crippen molar-refractivity contribution >= 4 is 11.9 Å². The van der Waals surface area contributed by atoms with Gasteiger partial charge in [-0.1, -0.05) is 6.92 Å². The fourth-order valence-corrected chi connectivity index (χ4v) is 1.91. The van der Waals surface area contributed by atoms with Gasteiger partial charge in [0, 0.05) is 20.1 Å². The number of nitrogens with one attached hydrogen (secondary N) is 1. The van der Waals surface area contributed by atoms with Crippen molar-refractivity contribution in [1.29, 1.82) is 0 Å². The van der Waals surface area contributed by atoms with E-state index in [0.29, 0.717) is 30.4 Å². The molecule has 0 saturated carbocycles. The Morgan fingerprint density at radius 1 is 1.41 bits per heavy atom. The molecule has 0 aliphatic carbocycles. The quantitative estimate of drug-likeness (QED) is 0.847. The maximum Gasteiger partial charge on any atom is 0.323 e. The van der Waals surface area contributed by atoms with Crippen molar-refractivity contribution in [2.45, 2.75) is 20.3 Å². The van der Waals surface area contributed by atoms with Crippen molar-refractivity contribution in [1.82, 2.24) is 15.0 Å². The van der Waals surface area contributed by atoms with Gasteiger partial charge in [-0.25, -0.2) is 0 Å². The van der Waals surface area contributed by atoms with Crippen LogP contribution in [0.2, 0.25) is 0 Å². The maximum atomic E-state index is 5.35. The Morgan fingerprint density at radius 2 is 2.24 bits per heavy atom. The summed E-state index contributed by atoms with van der Waals surface area (Å²) in [7, 11) is 1.79. The van der Waals surface area contributed by atoms with E-state index in [-0.39, 0.29) is 0 Å². The number of hydrogen-bond donors (Lipinski definition) is 1. The third kappa shape index (κ3) is 2.75. The van der Waals surface area contributed by atoms with Crippen molar-refractivity contribution in [2.75, 3.05) is 37.0 Å². The molecule has 0 radical (unpaired) electrons. The lowest BCUT2D eigenvalue weighted by atomic mass is 10.2. The topological polar surface area (TPSA) is 63.2 Å². The molecule has 6 nitrogen and oxygen atoms in total. The largest absolute Gasteiger partial charge is 0.464 e. The Balaban J connectivity index is 2.23. The van der Waals surface area contributed by atoms with Crippen LogP contribution in [0.3, 0.4) is 0 Å². The zero-order valence-corrected chi connectivity index (χ0v) is 10.6. The van der Waals surface area contributed by atoms with Crippen molar-refractivity contribution in [3.05, 3.63) is 0 Å². The number of anilines is 2. The molecule has 1 aliphatic heterocycles. The highest BCUT2D eigenvalue weighted by Crippen LogP contribution is 2.22. The lowest BCUT2D eigenvalue weighted by molar-refractivity contribution is 0.312. The van der Waals surface area contributed by atoms with E-state index < -0.39 is 0 Å². The highest BCUT2D eigenvalue weighted by Gasteiger charge is 2.22. The molecule has 1 aromatic heterocycles. The summed E-state index contributed by atoms with van der Waals surface area (Å²) in [5.41, 5.74) is 0. The summed E-state index contributed by atoms with van der Waals surface area (Å²) in [4.78, 5) is 15.0. The summed E-state index contributed by atoms with van der Waals surface area (Å²) in [6.07, 6.45) is 1.19. The predicted octanol–water partition coefficient (Wildman–Crippen LogP) is 1.16. The van der Waals surface area contributed by atoms with Crippen LogP contribution >= 0.6 is 0 Å². The van der Waals surface area contributed by atoms with Crippen LogP contribution in [-0.2, 0) is 0 Å². The summed E-state index contributed by atoms with van der Waals surface area (Å²) >= 11 is 0. The Labute approximate surface area is 101 Å². The second-order valence-corrected chi connectivity index (χ2v) is 4.26. The lowest BCUT2D eigenvalue weighted by Crippen LogP contribution is -2.22. The van der Waals surface area contributed by atoms with Crippen LogP contribution in [0, 0.1) is 5.92 Å². The second kappa shape index (κ2) is 5.16. The van der Waals surface area contributed by atoms with E-state index in [1.54, 1.807) is 7.05 Å². The fourth-order valence-electron chi connectivity index (χ4n) is 1.91. The summed E-state index contributed by atoms with van der Waals surface area (Å²) in [5.74, 6) is 1.95. The zero-order valence-electron chi connectivity index (χ0n) is 10.6. The van der Waals surface area contributed by atoms with E-state index in [1.807, 2.05) is 6.92 Å². The number of aromatic nitrogens is 3. The molecule has 17 heavy (non-hydrogen) atoms. The molecule has 1 aliphatic rings. The Morgan fingerprint density at radius 3 is 2.82 bits per heavy atom. The number of rotatable bonds is 4. The van der Waals surface area contributed by atoms with Gasteiger partial charge in [-0.3, -0.25) is 0 Å². The van der Waals surface area contributed by atoms with Gasteiger partial charge in [-0.2, -0.15) is 15.0 Å². The van der Waals surface area contributed by atoms with Gasteiger partial charge in [0.2, 0.25) is 11.9 Å². The summed E-state index contributed by atoms with van der Waals surface area (Å²) < 4.78 is 5.35. The minimum Gasteiger partial charge on any atom is -0.464 e. The van der Waals surface area contributed by atoms with Gasteiger partial charge in [-0.15, -0.1) is 0 Å². The molecule has 0 aromatic carbocycles. The first-order chi connectivity index (χ1) is 8.22. The maximum absolute atomic E-state index is 5.35. The van der Waals surface area contributed by atoms with E-state index in [4.69, 9.17) is 4.74 Å². The molecule has 2 heterocycles. The molecule has 1 aromatic rings. The first-order valence-electron chi connectivity index (χ1n) is 6.04. The lowest BCUT2D eigenvalue weighted by Gasteiger charge is -2.16. The molecule has 1 unspecified atom stereocenters. The van der Waals surface area contributed by atoms with E-state index in [9.17, 15) is 0 Å². The first-order valence-corrected chi connectivity index (χ1v) is 6.04. The fraction of sp³-hybridized carbons (Fsp3) is 0.727. The molecule has 0 spiro atoms. The van der Waals surface area contributed by atoms with Crippen LogP contribution in [0.4, 0.5) is 11.9 Å². The first kappa shape index (κ1) is 11.9. The van der Waals surface area contributed by atoms with Crippen molar-refractivity contribution in [2.24, 2.45) is 5.92 Å². The Bertz CT molecular complexity index is 384. The molecule has 6 heteroatoms. The predicted molar refractivity (Wildman–Crippen MR) is 66.5 cm³/mol. The average molecular weight is 237 g/mol. The van der Waals surface area contributed by atoms with Gasteiger partial charge in [0.1, 0.15) is 0 Å². The molecule has 2 rings (SSSR count). The van der Waals surface area contributed by atoms with Crippen molar-refractivity contribution in [3.8, 4) is 6.01 Å². The minimum absolute atomic E-state index is 0.390. The molecule has 0 bridgehead atoms. The molecule has 94 valence electrons. The smallest absolute Gasteiger partial charge is 0.323 e. The van der Waals surface area contributed by atoms with Crippen LogP contribution < -0.4 is 15.0 Å². The molecule has 0 amide bonds. The SMILES string of the molecule is CCOc1nc(NC)nc(N2CCC(C)C2)n1. The van der Waals surface area contributed by atoms with Crippen LogP contribution in [0.25, 0.3) is 0 Å². The minimum atomic E-state index is 0.390. The van der Waals surface area contributed by atoms with Crippen LogP contribution in [0.1, 0.15) is 20.3 Å². The van der Waals surface area contributed by atoms with Gasteiger partial charge >= 0.3 is 6.01 Å². The van der Waals surface area contributed by atoms with Crippen molar-refractivity contribution in [3.63, 3.8) is 0 Å². The number of ether oxygens (including phenoxy) is 1. The Kier molecular flexibility index (Phi) is 3.61. The van der Waals surface area contributed by atoms with Crippen LogP contribution in [0.15, 0.2) is 0 Å². The normalized spacial score (nSPS) is 19.5. The molecular weight excluding hydrogens is 218 g/mol. The van der Waals surface area contributed by atoms with Gasteiger partial charge in [0.15, 0.2) is 0 Å². The van der Waals surface area contributed by atoms with E-state index >= 15 is 0 Å². The van der Waals surface area contributed by atoms with Gasteiger partial charge < -0.3 is 15.0 Å². The average Bonchev–Trinajstić information content (AvgIpc) is 2.76. The molecule has 1 fully saturated rings. The highest BCUT2D eigenvalue weighted by molar-refractivity contribution is 5.38.